The van der Waals surface area contributed by atoms with Crippen LogP contribution in [-0.2, 0) is 19.5 Å². The molecule has 0 unspecified atom stereocenters. The summed E-state index contributed by atoms with van der Waals surface area (Å²) in [5.74, 6) is 0.300. The molecule has 1 aromatic carbocycles. The fourth-order valence-electron chi connectivity index (χ4n) is 2.96. The molecule has 26 heavy (non-hydrogen) atoms. The lowest BCUT2D eigenvalue weighted by atomic mass is 10.1. The number of carbonyl (C=O) groups excluding carboxylic acids is 1. The Balaban J connectivity index is 1.43. The predicted octanol–water partition coefficient (Wildman–Crippen LogP) is 3.90. The number of thiazole rings is 1. The Morgan fingerprint density at radius 1 is 1.42 bits per heavy atom. The van der Waals surface area contributed by atoms with E-state index in [1.54, 1.807) is 13.0 Å². The summed E-state index contributed by atoms with van der Waals surface area (Å²) >= 11 is 7.58. The second-order valence-corrected chi connectivity index (χ2v) is 7.78. The van der Waals surface area contributed by atoms with E-state index in [2.05, 4.69) is 26.4 Å². The second-order valence-electron chi connectivity index (χ2n) is 6.26. The summed E-state index contributed by atoms with van der Waals surface area (Å²) in [5, 5.41) is 7.90. The van der Waals surface area contributed by atoms with Gasteiger partial charge in [0, 0.05) is 42.0 Å². The SMILES string of the molecule is Cc1cc(C(=O)Nc2nc3c(s2)CN(Cc2cccc(Cl)c2)CC3)no1. The molecule has 4 rings (SSSR count). The first-order valence-corrected chi connectivity index (χ1v) is 9.46. The number of amides is 1. The minimum Gasteiger partial charge on any atom is -0.361 e. The maximum absolute atomic E-state index is 12.2. The molecular formula is C18H17ClN4O2S. The van der Waals surface area contributed by atoms with Crippen LogP contribution in [-0.4, -0.2) is 27.5 Å². The number of benzene rings is 1. The van der Waals surface area contributed by atoms with Crippen LogP contribution in [0.3, 0.4) is 0 Å². The highest BCUT2D eigenvalue weighted by Gasteiger charge is 2.22. The van der Waals surface area contributed by atoms with Gasteiger partial charge in [-0.05, 0) is 24.6 Å². The van der Waals surface area contributed by atoms with Crippen molar-refractivity contribution in [2.24, 2.45) is 0 Å². The molecule has 2 aromatic heterocycles. The van der Waals surface area contributed by atoms with Gasteiger partial charge in [0.25, 0.3) is 5.91 Å². The number of hydrogen-bond donors (Lipinski definition) is 1. The first-order chi connectivity index (χ1) is 12.6. The third-order valence-corrected chi connectivity index (χ3v) is 5.42. The van der Waals surface area contributed by atoms with Crippen molar-refractivity contribution in [3.63, 3.8) is 0 Å². The maximum Gasteiger partial charge on any atom is 0.279 e. The molecule has 0 saturated carbocycles. The quantitative estimate of drug-likeness (QED) is 0.733. The predicted molar refractivity (Wildman–Crippen MR) is 101 cm³/mol. The average molecular weight is 389 g/mol. The van der Waals surface area contributed by atoms with E-state index in [9.17, 15) is 4.79 Å². The Morgan fingerprint density at radius 2 is 2.31 bits per heavy atom. The first-order valence-electron chi connectivity index (χ1n) is 8.27. The van der Waals surface area contributed by atoms with Crippen molar-refractivity contribution in [3.8, 4) is 0 Å². The van der Waals surface area contributed by atoms with E-state index in [1.165, 1.54) is 21.8 Å². The summed E-state index contributed by atoms with van der Waals surface area (Å²) in [5.41, 5.74) is 2.52. The molecule has 0 radical (unpaired) electrons. The van der Waals surface area contributed by atoms with E-state index in [1.807, 2.05) is 18.2 Å². The summed E-state index contributed by atoms with van der Waals surface area (Å²) in [6, 6.07) is 9.54. The number of carbonyl (C=O) groups is 1. The van der Waals surface area contributed by atoms with Crippen LogP contribution >= 0.6 is 22.9 Å². The third kappa shape index (κ3) is 3.80. The van der Waals surface area contributed by atoms with Crippen LogP contribution in [0.1, 0.15) is 32.4 Å². The van der Waals surface area contributed by atoms with Gasteiger partial charge < -0.3 is 4.52 Å². The minimum absolute atomic E-state index is 0.262. The van der Waals surface area contributed by atoms with E-state index < -0.39 is 0 Å². The summed E-state index contributed by atoms with van der Waals surface area (Å²) in [7, 11) is 0. The number of fused-ring (bicyclic) bond motifs is 1. The van der Waals surface area contributed by atoms with Gasteiger partial charge in [-0.1, -0.05) is 28.9 Å². The fraction of sp³-hybridized carbons (Fsp3) is 0.278. The summed E-state index contributed by atoms with van der Waals surface area (Å²) in [4.78, 5) is 20.3. The van der Waals surface area contributed by atoms with Gasteiger partial charge >= 0.3 is 0 Å². The zero-order chi connectivity index (χ0) is 18.1. The molecule has 6 nitrogen and oxygen atoms in total. The molecule has 1 aliphatic rings. The van der Waals surface area contributed by atoms with Crippen molar-refractivity contribution in [1.29, 1.82) is 0 Å². The highest BCUT2D eigenvalue weighted by atomic mass is 35.5. The smallest absolute Gasteiger partial charge is 0.279 e. The van der Waals surface area contributed by atoms with Gasteiger partial charge in [0.15, 0.2) is 10.8 Å². The zero-order valence-electron chi connectivity index (χ0n) is 14.2. The Bertz CT molecular complexity index is 952. The van der Waals surface area contributed by atoms with Crippen LogP contribution < -0.4 is 5.32 Å². The van der Waals surface area contributed by atoms with Gasteiger partial charge in [-0.15, -0.1) is 11.3 Å². The molecule has 0 fully saturated rings. The van der Waals surface area contributed by atoms with Crippen molar-refractivity contribution in [1.82, 2.24) is 15.0 Å². The monoisotopic (exact) mass is 388 g/mol. The van der Waals surface area contributed by atoms with E-state index in [0.29, 0.717) is 10.9 Å². The fourth-order valence-corrected chi connectivity index (χ4v) is 4.22. The van der Waals surface area contributed by atoms with Crippen LogP contribution in [0, 0.1) is 6.92 Å². The lowest BCUT2D eigenvalue weighted by Crippen LogP contribution is -2.29. The van der Waals surface area contributed by atoms with E-state index in [-0.39, 0.29) is 11.6 Å². The molecule has 0 aliphatic carbocycles. The minimum atomic E-state index is -0.302. The summed E-state index contributed by atoms with van der Waals surface area (Å²) in [6.45, 7) is 4.34. The standard InChI is InChI=1S/C18H17ClN4O2S/c1-11-7-15(22-25-11)17(24)21-18-20-14-5-6-23(10-16(14)26-18)9-12-3-2-4-13(19)8-12/h2-4,7-8H,5-6,9-10H2,1H3,(H,20,21,24). The molecular weight excluding hydrogens is 372 g/mol. The third-order valence-electron chi connectivity index (χ3n) is 4.19. The molecule has 0 atom stereocenters. The molecule has 1 aliphatic heterocycles. The average Bonchev–Trinajstić information content (AvgIpc) is 3.20. The van der Waals surface area contributed by atoms with Gasteiger partial charge in [0.1, 0.15) is 5.76 Å². The van der Waals surface area contributed by atoms with Crippen molar-refractivity contribution >= 4 is 34.0 Å². The first kappa shape index (κ1) is 17.2. The molecule has 8 heteroatoms. The van der Waals surface area contributed by atoms with Crippen LogP contribution in [0.25, 0.3) is 0 Å². The van der Waals surface area contributed by atoms with Gasteiger partial charge in [0.05, 0.1) is 5.69 Å². The largest absolute Gasteiger partial charge is 0.361 e. The molecule has 134 valence electrons. The van der Waals surface area contributed by atoms with Crippen molar-refractivity contribution in [2.45, 2.75) is 26.4 Å². The number of nitrogens with one attached hydrogen (secondary N) is 1. The van der Waals surface area contributed by atoms with Crippen LogP contribution in [0.5, 0.6) is 0 Å². The Kier molecular flexibility index (Phi) is 4.76. The molecule has 1 N–H and O–H groups in total. The van der Waals surface area contributed by atoms with Crippen molar-refractivity contribution in [2.75, 3.05) is 11.9 Å². The zero-order valence-corrected chi connectivity index (χ0v) is 15.7. The number of hydrogen-bond acceptors (Lipinski definition) is 6. The molecule has 0 spiro atoms. The maximum atomic E-state index is 12.2. The Hall–Kier alpha value is -2.22. The van der Waals surface area contributed by atoms with Crippen molar-refractivity contribution in [3.05, 3.63) is 62.9 Å². The highest BCUT2D eigenvalue weighted by molar-refractivity contribution is 7.15. The number of rotatable bonds is 4. The van der Waals surface area contributed by atoms with Gasteiger partial charge in [-0.25, -0.2) is 4.98 Å². The van der Waals surface area contributed by atoms with Gasteiger partial charge in [0.2, 0.25) is 0 Å². The summed E-state index contributed by atoms with van der Waals surface area (Å²) < 4.78 is 4.94. The highest BCUT2D eigenvalue weighted by Crippen LogP contribution is 2.29. The van der Waals surface area contributed by atoms with E-state index in [4.69, 9.17) is 16.1 Å². The normalized spacial score (nSPS) is 14.2. The Labute approximate surface area is 159 Å². The second kappa shape index (κ2) is 7.19. The van der Waals surface area contributed by atoms with E-state index in [0.717, 1.165) is 36.8 Å². The van der Waals surface area contributed by atoms with Crippen molar-refractivity contribution < 1.29 is 9.32 Å². The lowest BCUT2D eigenvalue weighted by molar-refractivity contribution is 0.101. The summed E-state index contributed by atoms with van der Waals surface area (Å²) in [6.07, 6.45) is 0.866. The topological polar surface area (TPSA) is 71.3 Å². The van der Waals surface area contributed by atoms with Crippen LogP contribution in [0.4, 0.5) is 5.13 Å². The number of aromatic nitrogens is 2. The molecule has 3 heterocycles. The molecule has 3 aromatic rings. The van der Waals surface area contributed by atoms with Gasteiger partial charge in [-0.2, -0.15) is 0 Å². The molecule has 1 amide bonds. The van der Waals surface area contributed by atoms with Crippen LogP contribution in [0.2, 0.25) is 5.02 Å². The number of nitrogens with zero attached hydrogens (tertiary/aromatic N) is 3. The lowest BCUT2D eigenvalue weighted by Gasteiger charge is -2.25. The van der Waals surface area contributed by atoms with E-state index >= 15 is 0 Å². The van der Waals surface area contributed by atoms with Crippen LogP contribution in [0.15, 0.2) is 34.9 Å². The van der Waals surface area contributed by atoms with Gasteiger partial charge in [-0.3, -0.25) is 15.0 Å². The molecule has 0 saturated heterocycles. The number of aryl methyl sites for hydroxylation is 1. The molecule has 0 bridgehead atoms. The Morgan fingerprint density at radius 3 is 3.08 bits per heavy atom. The number of anilines is 1. The number of halogens is 1.